The Labute approximate surface area is 97.7 Å². The van der Waals surface area contributed by atoms with Gasteiger partial charge in [0.15, 0.2) is 0 Å². The number of carbonyl (C=O) groups is 4. The van der Waals surface area contributed by atoms with Crippen LogP contribution in [0.1, 0.15) is 13.3 Å². The Morgan fingerprint density at radius 3 is 1.18 bits per heavy atom. The van der Waals surface area contributed by atoms with Crippen LogP contribution in [0.3, 0.4) is 0 Å². The van der Waals surface area contributed by atoms with Gasteiger partial charge < -0.3 is 15.3 Å². The Morgan fingerprint density at radius 1 is 0.941 bits per heavy atom. The van der Waals surface area contributed by atoms with Crippen LogP contribution in [0.15, 0.2) is 25.3 Å². The number of aliphatic carboxylic acids is 3. The summed E-state index contributed by atoms with van der Waals surface area (Å²) in [7, 11) is 0. The van der Waals surface area contributed by atoms with E-state index >= 15 is 0 Å². The van der Waals surface area contributed by atoms with Crippen LogP contribution in [0, 0.1) is 0 Å². The van der Waals surface area contributed by atoms with Crippen LogP contribution in [0.4, 0.5) is 0 Å². The highest BCUT2D eigenvalue weighted by Gasteiger charge is 1.98. The molecule has 3 N–H and O–H groups in total. The van der Waals surface area contributed by atoms with E-state index in [1.54, 1.807) is 0 Å². The van der Waals surface area contributed by atoms with Crippen molar-refractivity contribution in [2.75, 3.05) is 0 Å². The minimum Gasteiger partial charge on any atom is -0.481 e. The molecule has 7 nitrogen and oxygen atoms in total. The maximum Gasteiger partial charge on any atom is 0.327 e. The molecular formula is C10H14O7. The van der Waals surface area contributed by atoms with Crippen molar-refractivity contribution in [1.29, 1.82) is 0 Å². The van der Waals surface area contributed by atoms with Gasteiger partial charge in [0, 0.05) is 12.2 Å². The Morgan fingerprint density at radius 2 is 1.18 bits per heavy atom. The molecule has 0 aromatic heterocycles. The van der Waals surface area contributed by atoms with Crippen LogP contribution < -0.4 is 0 Å². The van der Waals surface area contributed by atoms with Crippen molar-refractivity contribution < 1.29 is 34.5 Å². The van der Waals surface area contributed by atoms with Gasteiger partial charge in [0.1, 0.15) is 12.2 Å². The van der Waals surface area contributed by atoms with Crippen LogP contribution in [-0.2, 0) is 19.2 Å². The second-order valence-corrected chi connectivity index (χ2v) is 2.36. The summed E-state index contributed by atoms with van der Waals surface area (Å²) in [6.45, 7) is 7.17. The molecule has 0 aliphatic heterocycles. The van der Waals surface area contributed by atoms with Gasteiger partial charge >= 0.3 is 17.9 Å². The number of hydrogen-bond donors (Lipinski definition) is 3. The smallest absolute Gasteiger partial charge is 0.327 e. The number of carboxylic acids is 3. The Hall–Kier alpha value is -2.44. The Balaban J connectivity index is -0.000000177. The number of carboxylic acid groups (broad SMARTS) is 3. The minimum atomic E-state index is -1.06. The average molecular weight is 246 g/mol. The number of hydrogen-bond acceptors (Lipinski definition) is 4. The number of carbonyl (C=O) groups excluding carboxylic acids is 1. The minimum absolute atomic E-state index is 0.312. The fraction of sp³-hybridized carbons (Fsp3) is 0.200. The van der Waals surface area contributed by atoms with Gasteiger partial charge in [0.25, 0.3) is 0 Å². The van der Waals surface area contributed by atoms with Gasteiger partial charge in [-0.05, 0) is 6.92 Å². The molecule has 0 aromatic carbocycles. The van der Waals surface area contributed by atoms with Gasteiger partial charge in [-0.1, -0.05) is 13.2 Å². The van der Waals surface area contributed by atoms with Crippen molar-refractivity contribution >= 4 is 23.7 Å². The second-order valence-electron chi connectivity index (χ2n) is 2.36. The third-order valence-corrected chi connectivity index (χ3v) is 0.749. The summed E-state index contributed by atoms with van der Waals surface area (Å²) in [4.78, 5) is 38.0. The molecule has 0 rings (SSSR count). The zero-order chi connectivity index (χ0) is 14.4. The molecule has 96 valence electrons. The van der Waals surface area contributed by atoms with Crippen molar-refractivity contribution in [2.24, 2.45) is 0 Å². The topological polar surface area (TPSA) is 129 Å². The normalized spacial score (nSPS) is 7.12. The number of Topliss-reactive ketones (excluding diaryl/α,β-unsaturated/α-hetero) is 1. The summed E-state index contributed by atoms with van der Waals surface area (Å²) >= 11 is 0. The van der Waals surface area contributed by atoms with E-state index in [0.29, 0.717) is 0 Å². The molecule has 0 radical (unpaired) electrons. The summed E-state index contributed by atoms with van der Waals surface area (Å²) < 4.78 is 0. The van der Waals surface area contributed by atoms with E-state index in [9.17, 15) is 19.2 Å². The molecular weight excluding hydrogens is 232 g/mol. The molecule has 0 aliphatic rings. The highest BCUT2D eigenvalue weighted by Crippen LogP contribution is 1.77. The van der Waals surface area contributed by atoms with Crippen molar-refractivity contribution in [3.05, 3.63) is 25.3 Å². The van der Waals surface area contributed by atoms with Crippen LogP contribution in [0.2, 0.25) is 0 Å². The SMILES string of the molecule is C=CC(=O)O.C=CC(=O)O.CC(=O)CC(=O)O. The largest absolute Gasteiger partial charge is 0.481 e. The number of rotatable bonds is 4. The standard InChI is InChI=1S/C4H6O3.2C3H4O2/c1-3(5)2-4(6)7;2*1-2-3(4)5/h2H2,1H3,(H,6,7);2*2H,1H2,(H,4,5). The van der Waals surface area contributed by atoms with Crippen LogP contribution in [-0.4, -0.2) is 39.0 Å². The fourth-order valence-electron chi connectivity index (χ4n) is 0.213. The summed E-state index contributed by atoms with van der Waals surface area (Å²) in [6, 6.07) is 0. The lowest BCUT2D eigenvalue weighted by molar-refractivity contribution is -0.140. The quantitative estimate of drug-likeness (QED) is 0.488. The molecule has 0 amide bonds. The van der Waals surface area contributed by atoms with Gasteiger partial charge in [0.05, 0.1) is 0 Å². The molecule has 0 unspecified atom stereocenters. The lowest BCUT2D eigenvalue weighted by Crippen LogP contribution is -2.00. The van der Waals surface area contributed by atoms with E-state index in [1.165, 1.54) is 6.92 Å². The van der Waals surface area contributed by atoms with Gasteiger partial charge in [-0.25, -0.2) is 9.59 Å². The maximum atomic E-state index is 9.87. The van der Waals surface area contributed by atoms with Crippen LogP contribution in [0.5, 0.6) is 0 Å². The number of ketones is 1. The van der Waals surface area contributed by atoms with Gasteiger partial charge in [0.2, 0.25) is 0 Å². The molecule has 0 aromatic rings. The van der Waals surface area contributed by atoms with E-state index in [0.717, 1.165) is 12.2 Å². The molecule has 0 spiro atoms. The highest BCUT2D eigenvalue weighted by atomic mass is 16.4. The van der Waals surface area contributed by atoms with Crippen LogP contribution >= 0.6 is 0 Å². The molecule has 0 heterocycles. The van der Waals surface area contributed by atoms with Crippen LogP contribution in [0.25, 0.3) is 0 Å². The fourth-order valence-corrected chi connectivity index (χ4v) is 0.213. The third kappa shape index (κ3) is 58.6. The molecule has 0 bridgehead atoms. The van der Waals surface area contributed by atoms with E-state index in [2.05, 4.69) is 13.2 Å². The van der Waals surface area contributed by atoms with Crippen molar-refractivity contribution in [1.82, 2.24) is 0 Å². The average Bonchev–Trinajstić information content (AvgIpc) is 2.17. The van der Waals surface area contributed by atoms with Crippen molar-refractivity contribution in [3.8, 4) is 0 Å². The monoisotopic (exact) mass is 246 g/mol. The van der Waals surface area contributed by atoms with Crippen molar-refractivity contribution in [2.45, 2.75) is 13.3 Å². The van der Waals surface area contributed by atoms with Crippen molar-refractivity contribution in [3.63, 3.8) is 0 Å². The lowest BCUT2D eigenvalue weighted by Gasteiger charge is -1.80. The summed E-state index contributed by atoms with van der Waals surface area (Å²) in [5, 5.41) is 23.1. The first-order chi connectivity index (χ1) is 7.67. The predicted molar refractivity (Wildman–Crippen MR) is 58.6 cm³/mol. The Bertz CT molecular complexity index is 274. The van der Waals surface area contributed by atoms with E-state index in [4.69, 9.17) is 15.3 Å². The first-order valence-corrected chi connectivity index (χ1v) is 4.09. The van der Waals surface area contributed by atoms with E-state index in [-0.39, 0.29) is 12.2 Å². The zero-order valence-electron chi connectivity index (χ0n) is 9.25. The summed E-state index contributed by atoms with van der Waals surface area (Å²) in [5.41, 5.74) is 0. The second kappa shape index (κ2) is 13.6. The molecule has 0 saturated heterocycles. The van der Waals surface area contributed by atoms with E-state index in [1.807, 2.05) is 0 Å². The lowest BCUT2D eigenvalue weighted by atomic mass is 10.3. The molecule has 17 heavy (non-hydrogen) atoms. The maximum absolute atomic E-state index is 9.87. The van der Waals surface area contributed by atoms with Gasteiger partial charge in [-0.3, -0.25) is 9.59 Å². The van der Waals surface area contributed by atoms with Gasteiger partial charge in [-0.2, -0.15) is 0 Å². The summed E-state index contributed by atoms with van der Waals surface area (Å²) in [5.74, 6) is -3.34. The van der Waals surface area contributed by atoms with Gasteiger partial charge in [-0.15, -0.1) is 0 Å². The molecule has 0 saturated carbocycles. The zero-order valence-corrected chi connectivity index (χ0v) is 9.25. The molecule has 0 fully saturated rings. The first kappa shape index (κ1) is 20.0. The third-order valence-electron chi connectivity index (χ3n) is 0.749. The van der Waals surface area contributed by atoms with E-state index < -0.39 is 17.9 Å². The Kier molecular flexibility index (Phi) is 16.0. The molecule has 0 atom stereocenters. The molecule has 0 aliphatic carbocycles. The predicted octanol–water partition coefficient (Wildman–Crippen LogP) is 0.564. The first-order valence-electron chi connectivity index (χ1n) is 4.09. The molecule has 7 heteroatoms. The highest BCUT2D eigenvalue weighted by molar-refractivity contribution is 5.93. The summed E-state index contributed by atoms with van der Waals surface area (Å²) in [6.07, 6.45) is 1.31.